The molecule has 6 heteroatoms. The molecule has 0 unspecified atom stereocenters. The van der Waals surface area contributed by atoms with Crippen LogP contribution in [0.1, 0.15) is 12.8 Å². The number of nitrogens with two attached hydrogens (primary N) is 1. The van der Waals surface area contributed by atoms with E-state index in [1.165, 1.54) is 0 Å². The highest BCUT2D eigenvalue weighted by Gasteiger charge is 2.46. The molecule has 1 aliphatic rings. The maximum atomic E-state index is 12.9. The highest BCUT2D eigenvalue weighted by Crippen LogP contribution is 2.31. The van der Waals surface area contributed by atoms with Crippen LogP contribution in [-0.4, -0.2) is 47.6 Å². The van der Waals surface area contributed by atoms with E-state index < -0.39 is 37.4 Å². The van der Waals surface area contributed by atoms with Gasteiger partial charge in [-0.15, -0.1) is 0 Å². The summed E-state index contributed by atoms with van der Waals surface area (Å²) in [5, 5.41) is 8.83. The fraction of sp³-hybridized carbons (Fsp3) is 0.875. The van der Waals surface area contributed by atoms with Crippen LogP contribution in [-0.2, 0) is 4.79 Å². The predicted molar refractivity (Wildman–Crippen MR) is 45.8 cm³/mol. The van der Waals surface area contributed by atoms with E-state index in [-0.39, 0.29) is 13.0 Å². The molecule has 0 aliphatic carbocycles. The van der Waals surface area contributed by atoms with E-state index in [9.17, 15) is 13.6 Å². The summed E-state index contributed by atoms with van der Waals surface area (Å²) in [6.07, 6.45) is -0.410. The fourth-order valence-corrected chi connectivity index (χ4v) is 1.62. The van der Waals surface area contributed by atoms with Crippen LogP contribution in [0, 0.1) is 0 Å². The van der Waals surface area contributed by atoms with Gasteiger partial charge in [0.05, 0.1) is 19.2 Å². The molecule has 1 atom stereocenters. The highest BCUT2D eigenvalue weighted by molar-refractivity contribution is 5.77. The van der Waals surface area contributed by atoms with Crippen molar-refractivity contribution < 1.29 is 18.7 Å². The first-order valence-electron chi connectivity index (χ1n) is 4.48. The number of rotatable bonds is 3. The van der Waals surface area contributed by atoms with Gasteiger partial charge in [-0.1, -0.05) is 0 Å². The molecule has 4 nitrogen and oxygen atoms in total. The number of halogens is 2. The quantitative estimate of drug-likeness (QED) is 0.661. The van der Waals surface area contributed by atoms with Gasteiger partial charge in [0.25, 0.3) is 5.92 Å². The fourth-order valence-electron chi connectivity index (χ4n) is 1.62. The third-order valence-electron chi connectivity index (χ3n) is 2.27. The number of alkyl halides is 2. The molecule has 14 heavy (non-hydrogen) atoms. The van der Waals surface area contributed by atoms with Gasteiger partial charge in [-0.3, -0.25) is 4.79 Å². The summed E-state index contributed by atoms with van der Waals surface area (Å²) >= 11 is 0. The van der Waals surface area contributed by atoms with Crippen molar-refractivity contribution in [3.05, 3.63) is 0 Å². The minimum absolute atomic E-state index is 0.0482. The molecule has 1 rings (SSSR count). The number of aliphatic hydroxyl groups is 1. The normalized spacial score (nSPS) is 25.4. The summed E-state index contributed by atoms with van der Waals surface area (Å²) in [5.74, 6) is -3.29. The molecule has 1 heterocycles. The van der Waals surface area contributed by atoms with Crippen molar-refractivity contribution in [1.29, 1.82) is 0 Å². The molecule has 0 spiro atoms. The molecule has 0 saturated carbocycles. The van der Waals surface area contributed by atoms with Crippen molar-refractivity contribution in [1.82, 2.24) is 4.90 Å². The summed E-state index contributed by atoms with van der Waals surface area (Å²) < 4.78 is 25.8. The molecule has 0 aromatic carbocycles. The van der Waals surface area contributed by atoms with Gasteiger partial charge in [0.1, 0.15) is 0 Å². The smallest absolute Gasteiger partial charge is 0.267 e. The van der Waals surface area contributed by atoms with Crippen LogP contribution in [0.2, 0.25) is 0 Å². The summed E-state index contributed by atoms with van der Waals surface area (Å²) in [7, 11) is 0. The molecule has 1 fully saturated rings. The first kappa shape index (κ1) is 11.3. The van der Waals surface area contributed by atoms with E-state index in [0.29, 0.717) is 0 Å². The zero-order valence-corrected chi connectivity index (χ0v) is 7.75. The Labute approximate surface area is 80.7 Å². The van der Waals surface area contributed by atoms with E-state index in [4.69, 9.17) is 10.8 Å². The van der Waals surface area contributed by atoms with Crippen LogP contribution in [0.3, 0.4) is 0 Å². The molecule has 1 saturated heterocycles. The summed E-state index contributed by atoms with van der Waals surface area (Å²) in [6.45, 7) is -0.887. The predicted octanol–water partition coefficient (Wildman–Crippen LogP) is -0.436. The van der Waals surface area contributed by atoms with E-state index >= 15 is 0 Å². The number of likely N-dealkylation sites (tertiary alicyclic amines) is 1. The van der Waals surface area contributed by atoms with Crippen molar-refractivity contribution in [3.8, 4) is 0 Å². The van der Waals surface area contributed by atoms with Crippen molar-refractivity contribution in [2.45, 2.75) is 24.8 Å². The van der Waals surface area contributed by atoms with E-state index in [1.807, 2.05) is 0 Å². The van der Waals surface area contributed by atoms with Crippen molar-refractivity contribution in [3.63, 3.8) is 0 Å². The number of amides is 1. The number of carbonyl (C=O) groups is 1. The molecule has 0 bridgehead atoms. The van der Waals surface area contributed by atoms with E-state index in [1.54, 1.807) is 0 Å². The Morgan fingerprint density at radius 3 is 2.79 bits per heavy atom. The number of hydrogen-bond donors (Lipinski definition) is 2. The monoisotopic (exact) mass is 208 g/mol. The minimum Gasteiger partial charge on any atom is -0.394 e. The van der Waals surface area contributed by atoms with Gasteiger partial charge in [-0.05, 0) is 0 Å². The molecular weight excluding hydrogens is 194 g/mol. The SMILES string of the molecule is NCCC(=O)N1CC(F)(F)C[C@H]1CO. The lowest BCUT2D eigenvalue weighted by Gasteiger charge is -2.21. The molecular formula is C8H14F2N2O2. The lowest BCUT2D eigenvalue weighted by molar-refractivity contribution is -0.133. The van der Waals surface area contributed by atoms with Gasteiger partial charge in [0.2, 0.25) is 5.91 Å². The van der Waals surface area contributed by atoms with Gasteiger partial charge >= 0.3 is 0 Å². The van der Waals surface area contributed by atoms with Crippen LogP contribution in [0.25, 0.3) is 0 Å². The average Bonchev–Trinajstić information content (AvgIpc) is 2.41. The second-order valence-electron chi connectivity index (χ2n) is 3.46. The van der Waals surface area contributed by atoms with Crippen molar-refractivity contribution in [2.24, 2.45) is 5.73 Å². The largest absolute Gasteiger partial charge is 0.394 e. The third-order valence-corrected chi connectivity index (χ3v) is 2.27. The topological polar surface area (TPSA) is 66.6 Å². The molecule has 1 amide bonds. The Hall–Kier alpha value is -0.750. The van der Waals surface area contributed by atoms with Crippen LogP contribution in [0.4, 0.5) is 8.78 Å². The zero-order valence-electron chi connectivity index (χ0n) is 7.75. The lowest BCUT2D eigenvalue weighted by atomic mass is 10.2. The molecule has 82 valence electrons. The Morgan fingerprint density at radius 2 is 2.29 bits per heavy atom. The number of hydrogen-bond acceptors (Lipinski definition) is 3. The van der Waals surface area contributed by atoms with E-state index in [0.717, 1.165) is 4.90 Å². The Morgan fingerprint density at radius 1 is 1.64 bits per heavy atom. The summed E-state index contributed by atoms with van der Waals surface area (Å²) in [5.41, 5.74) is 5.15. The minimum atomic E-state index is -2.88. The Kier molecular flexibility index (Phi) is 3.38. The maximum Gasteiger partial charge on any atom is 0.267 e. The Bertz CT molecular complexity index is 223. The number of aliphatic hydroxyl groups excluding tert-OH is 1. The van der Waals surface area contributed by atoms with Crippen LogP contribution < -0.4 is 5.73 Å². The summed E-state index contributed by atoms with van der Waals surface area (Å²) in [4.78, 5) is 12.3. The number of carbonyl (C=O) groups excluding carboxylic acids is 1. The van der Waals surface area contributed by atoms with E-state index in [2.05, 4.69) is 0 Å². The van der Waals surface area contributed by atoms with Crippen molar-refractivity contribution in [2.75, 3.05) is 19.7 Å². The summed E-state index contributed by atoms with van der Waals surface area (Å²) in [6, 6.07) is -0.760. The van der Waals surface area contributed by atoms with Crippen LogP contribution in [0.5, 0.6) is 0 Å². The molecule has 0 radical (unpaired) electrons. The van der Waals surface area contributed by atoms with Gasteiger partial charge in [0, 0.05) is 19.4 Å². The first-order chi connectivity index (χ1) is 6.50. The maximum absolute atomic E-state index is 12.9. The highest BCUT2D eigenvalue weighted by atomic mass is 19.3. The van der Waals surface area contributed by atoms with Gasteiger partial charge in [-0.25, -0.2) is 8.78 Å². The lowest BCUT2D eigenvalue weighted by Crippen LogP contribution is -2.39. The van der Waals surface area contributed by atoms with Crippen LogP contribution in [0.15, 0.2) is 0 Å². The number of nitrogens with zero attached hydrogens (tertiary/aromatic N) is 1. The molecule has 0 aromatic heterocycles. The standard InChI is InChI=1S/C8H14F2N2O2/c9-8(10)3-6(4-13)12(5-8)7(14)1-2-11/h6,13H,1-5,11H2/t6-/m0/s1. The molecule has 0 aromatic rings. The first-order valence-corrected chi connectivity index (χ1v) is 4.48. The second-order valence-corrected chi connectivity index (χ2v) is 3.46. The van der Waals surface area contributed by atoms with Gasteiger partial charge in [-0.2, -0.15) is 0 Å². The Balaban J connectivity index is 2.63. The zero-order chi connectivity index (χ0) is 10.8. The van der Waals surface area contributed by atoms with Gasteiger partial charge < -0.3 is 15.7 Å². The van der Waals surface area contributed by atoms with Crippen LogP contribution >= 0.6 is 0 Å². The van der Waals surface area contributed by atoms with Crippen molar-refractivity contribution >= 4 is 5.91 Å². The molecule has 1 aliphatic heterocycles. The molecule has 3 N–H and O–H groups in total. The second kappa shape index (κ2) is 4.18. The van der Waals surface area contributed by atoms with Gasteiger partial charge in [0.15, 0.2) is 0 Å². The average molecular weight is 208 g/mol. The third kappa shape index (κ3) is 2.39.